The Morgan fingerprint density at radius 2 is 2.00 bits per heavy atom. The number of para-hydroxylation sites is 1. The van der Waals surface area contributed by atoms with Gasteiger partial charge in [-0.2, -0.15) is 0 Å². The van der Waals surface area contributed by atoms with Gasteiger partial charge in [0.15, 0.2) is 11.5 Å². The number of nitro groups is 1. The molecule has 0 saturated carbocycles. The second-order valence-electron chi connectivity index (χ2n) is 3.99. The molecule has 0 aliphatic carbocycles. The lowest BCUT2D eigenvalue weighted by atomic mass is 10.1. The molecule has 0 fully saturated rings. The smallest absolute Gasteiger partial charge is 0.278 e. The number of benzene rings is 1. The molecule has 3 rings (SSSR count). The molecule has 0 unspecified atom stereocenters. The molecular weight excluding hydrogens is 249 g/mol. The van der Waals surface area contributed by atoms with Gasteiger partial charge in [0.1, 0.15) is 0 Å². The predicted molar refractivity (Wildman–Crippen MR) is 67.2 cm³/mol. The second-order valence-corrected chi connectivity index (χ2v) is 3.99. The van der Waals surface area contributed by atoms with E-state index < -0.39 is 10.7 Å². The minimum Gasteiger partial charge on any atom is -0.304 e. The minimum atomic E-state index is -0.476. The zero-order valence-corrected chi connectivity index (χ0v) is 9.65. The van der Waals surface area contributed by atoms with Crippen molar-refractivity contribution in [1.29, 1.82) is 0 Å². The maximum atomic E-state index is 13.6. The SMILES string of the molecule is O=[N+]([O-])c1ccccc1-c1cn2cccc(F)c2n1. The summed E-state index contributed by atoms with van der Waals surface area (Å²) in [4.78, 5) is 14.6. The molecular formula is C13H8FN3O2. The van der Waals surface area contributed by atoms with Gasteiger partial charge in [-0.25, -0.2) is 9.37 Å². The number of fused-ring (bicyclic) bond motifs is 1. The van der Waals surface area contributed by atoms with Gasteiger partial charge in [0, 0.05) is 18.5 Å². The van der Waals surface area contributed by atoms with E-state index in [1.165, 1.54) is 16.5 Å². The van der Waals surface area contributed by atoms with E-state index in [-0.39, 0.29) is 11.3 Å². The molecule has 0 atom stereocenters. The summed E-state index contributed by atoms with van der Waals surface area (Å²) in [5, 5.41) is 11.0. The number of imidazole rings is 1. The van der Waals surface area contributed by atoms with Gasteiger partial charge in [-0.15, -0.1) is 0 Å². The highest BCUT2D eigenvalue weighted by Crippen LogP contribution is 2.29. The summed E-state index contributed by atoms with van der Waals surface area (Å²) in [5.74, 6) is -0.465. The Bertz CT molecular complexity index is 782. The largest absolute Gasteiger partial charge is 0.304 e. The van der Waals surface area contributed by atoms with E-state index in [2.05, 4.69) is 4.98 Å². The lowest BCUT2D eigenvalue weighted by Crippen LogP contribution is -1.91. The van der Waals surface area contributed by atoms with Crippen molar-refractivity contribution in [3.63, 3.8) is 0 Å². The minimum absolute atomic E-state index is 0.0497. The van der Waals surface area contributed by atoms with Crippen LogP contribution in [0.5, 0.6) is 0 Å². The van der Waals surface area contributed by atoms with Crippen molar-refractivity contribution >= 4 is 11.3 Å². The number of hydrogen-bond acceptors (Lipinski definition) is 3. The van der Waals surface area contributed by atoms with E-state index in [9.17, 15) is 14.5 Å². The van der Waals surface area contributed by atoms with Crippen molar-refractivity contribution in [2.24, 2.45) is 0 Å². The lowest BCUT2D eigenvalue weighted by molar-refractivity contribution is -0.384. The van der Waals surface area contributed by atoms with Crippen LogP contribution in [-0.4, -0.2) is 14.3 Å². The molecule has 3 aromatic rings. The maximum absolute atomic E-state index is 13.6. The maximum Gasteiger partial charge on any atom is 0.278 e. The van der Waals surface area contributed by atoms with Gasteiger partial charge < -0.3 is 4.40 Å². The van der Waals surface area contributed by atoms with Crippen LogP contribution in [0, 0.1) is 15.9 Å². The molecule has 0 aliphatic heterocycles. The molecule has 2 heterocycles. The lowest BCUT2D eigenvalue weighted by Gasteiger charge is -1.97. The van der Waals surface area contributed by atoms with Crippen molar-refractivity contribution < 1.29 is 9.31 Å². The van der Waals surface area contributed by atoms with Gasteiger partial charge >= 0.3 is 0 Å². The first kappa shape index (κ1) is 11.3. The third-order valence-corrected chi connectivity index (χ3v) is 2.81. The summed E-state index contributed by atoms with van der Waals surface area (Å²) in [7, 11) is 0. The Balaban J connectivity index is 2.25. The fraction of sp³-hybridized carbons (Fsp3) is 0. The first-order valence-corrected chi connectivity index (χ1v) is 5.54. The molecule has 19 heavy (non-hydrogen) atoms. The number of nitrogens with zero attached hydrogens (tertiary/aromatic N) is 3. The van der Waals surface area contributed by atoms with Crippen molar-refractivity contribution in [3.05, 3.63) is 64.7 Å². The summed E-state index contributed by atoms with van der Waals surface area (Å²) < 4.78 is 15.1. The fourth-order valence-electron chi connectivity index (χ4n) is 1.96. The molecule has 2 aromatic heterocycles. The third kappa shape index (κ3) is 1.83. The molecule has 0 amide bonds. The van der Waals surface area contributed by atoms with Crippen LogP contribution in [0.25, 0.3) is 16.9 Å². The topological polar surface area (TPSA) is 60.4 Å². The molecule has 0 spiro atoms. The monoisotopic (exact) mass is 257 g/mol. The standard InChI is InChI=1S/C13H8FN3O2/c14-10-5-3-7-16-8-11(15-13(10)16)9-4-1-2-6-12(9)17(18)19/h1-8H. The van der Waals surface area contributed by atoms with E-state index in [1.807, 2.05) is 0 Å². The van der Waals surface area contributed by atoms with Gasteiger partial charge in [-0.1, -0.05) is 12.1 Å². The molecule has 94 valence electrons. The Kier molecular flexibility index (Phi) is 2.49. The number of pyridine rings is 1. The average Bonchev–Trinajstić information content (AvgIpc) is 2.84. The van der Waals surface area contributed by atoms with Crippen LogP contribution in [0.1, 0.15) is 0 Å². The molecule has 5 nitrogen and oxygen atoms in total. The van der Waals surface area contributed by atoms with E-state index in [0.717, 1.165) is 0 Å². The predicted octanol–water partition coefficient (Wildman–Crippen LogP) is 3.05. The highest BCUT2D eigenvalue weighted by molar-refractivity contribution is 5.72. The summed E-state index contributed by atoms with van der Waals surface area (Å²) in [6, 6.07) is 9.10. The normalized spacial score (nSPS) is 10.8. The van der Waals surface area contributed by atoms with Crippen LogP contribution in [0.2, 0.25) is 0 Å². The number of nitro benzene ring substituents is 1. The first-order chi connectivity index (χ1) is 9.16. The van der Waals surface area contributed by atoms with Crippen LogP contribution < -0.4 is 0 Å². The zero-order chi connectivity index (χ0) is 13.4. The van der Waals surface area contributed by atoms with Gasteiger partial charge in [0.25, 0.3) is 5.69 Å². The molecule has 6 heteroatoms. The van der Waals surface area contributed by atoms with Crippen LogP contribution in [0.3, 0.4) is 0 Å². The Morgan fingerprint density at radius 1 is 1.21 bits per heavy atom. The van der Waals surface area contributed by atoms with Crippen LogP contribution >= 0.6 is 0 Å². The highest BCUT2D eigenvalue weighted by atomic mass is 19.1. The van der Waals surface area contributed by atoms with E-state index in [4.69, 9.17) is 0 Å². The van der Waals surface area contributed by atoms with Gasteiger partial charge in [-0.05, 0) is 18.2 Å². The first-order valence-electron chi connectivity index (χ1n) is 5.54. The molecule has 1 aromatic carbocycles. The summed E-state index contributed by atoms with van der Waals surface area (Å²) in [6.45, 7) is 0. The number of hydrogen-bond donors (Lipinski definition) is 0. The van der Waals surface area contributed by atoms with Crippen molar-refractivity contribution in [3.8, 4) is 11.3 Å². The van der Waals surface area contributed by atoms with Crippen molar-refractivity contribution in [2.45, 2.75) is 0 Å². The Labute approximate surface area is 107 Å². The zero-order valence-electron chi connectivity index (χ0n) is 9.65. The second kappa shape index (κ2) is 4.16. The summed E-state index contributed by atoms with van der Waals surface area (Å²) in [6.07, 6.45) is 3.21. The van der Waals surface area contributed by atoms with Gasteiger partial charge in [-0.3, -0.25) is 10.1 Å². The Hall–Kier alpha value is -2.76. The number of aromatic nitrogens is 2. The van der Waals surface area contributed by atoms with Crippen LogP contribution in [-0.2, 0) is 0 Å². The van der Waals surface area contributed by atoms with E-state index >= 15 is 0 Å². The van der Waals surface area contributed by atoms with Gasteiger partial charge in [0.05, 0.1) is 16.2 Å². The quantitative estimate of drug-likeness (QED) is 0.523. The number of halogens is 1. The summed E-state index contributed by atoms with van der Waals surface area (Å²) in [5.41, 5.74) is 0.843. The molecule has 0 N–H and O–H groups in total. The molecule has 0 saturated heterocycles. The van der Waals surface area contributed by atoms with Crippen LogP contribution in [0.15, 0.2) is 48.8 Å². The van der Waals surface area contributed by atoms with E-state index in [0.29, 0.717) is 11.3 Å². The number of rotatable bonds is 2. The molecule has 0 bridgehead atoms. The van der Waals surface area contributed by atoms with Crippen molar-refractivity contribution in [1.82, 2.24) is 9.38 Å². The average molecular weight is 257 g/mol. The molecule has 0 aliphatic rings. The third-order valence-electron chi connectivity index (χ3n) is 2.81. The Morgan fingerprint density at radius 3 is 2.74 bits per heavy atom. The van der Waals surface area contributed by atoms with E-state index in [1.54, 1.807) is 36.7 Å². The summed E-state index contributed by atoms with van der Waals surface area (Å²) >= 11 is 0. The van der Waals surface area contributed by atoms with Gasteiger partial charge in [0.2, 0.25) is 0 Å². The molecule has 0 radical (unpaired) electrons. The van der Waals surface area contributed by atoms with Crippen LogP contribution in [0.4, 0.5) is 10.1 Å². The highest BCUT2D eigenvalue weighted by Gasteiger charge is 2.17. The van der Waals surface area contributed by atoms with Crippen molar-refractivity contribution in [2.75, 3.05) is 0 Å². The fourth-order valence-corrected chi connectivity index (χ4v) is 1.96.